The highest BCUT2D eigenvalue weighted by Crippen LogP contribution is 2.51. The van der Waals surface area contributed by atoms with Crippen LogP contribution in [-0.2, 0) is 20.5 Å². The molecular weight excluding hydrogens is 709 g/mol. The normalized spacial score (nSPS) is 16.0. The Morgan fingerprint density at radius 2 is 1.65 bits per heavy atom. The third kappa shape index (κ3) is 5.57. The van der Waals surface area contributed by atoms with Crippen molar-refractivity contribution in [2.45, 2.75) is 59.5 Å². The summed E-state index contributed by atoms with van der Waals surface area (Å²) in [6.07, 6.45) is 1.19. The number of carboxylic acid groups (broad SMARTS) is 1. The van der Waals surface area contributed by atoms with E-state index in [0.717, 1.165) is 55.3 Å². The molecule has 0 saturated carbocycles. The van der Waals surface area contributed by atoms with Gasteiger partial charge in [0.15, 0.2) is 0 Å². The maximum absolute atomic E-state index is 15.5. The second kappa shape index (κ2) is 13.0. The van der Waals surface area contributed by atoms with E-state index >= 15 is 4.79 Å². The summed E-state index contributed by atoms with van der Waals surface area (Å²) < 4.78 is 11.9. The molecule has 0 fully saturated rings. The number of carbonyl (C=O) groups is 2. The monoisotopic (exact) mass is 745 g/mol. The average molecular weight is 747 g/mol. The highest BCUT2D eigenvalue weighted by atomic mass is 35.5. The Morgan fingerprint density at radius 3 is 2.29 bits per heavy atom. The van der Waals surface area contributed by atoms with Crippen LogP contribution in [0.5, 0.6) is 5.75 Å². The number of aromatic nitrogens is 4. The number of hydrogen-bond donors (Lipinski definition) is 1. The minimum Gasteiger partial charge on any atom is -0.494 e. The van der Waals surface area contributed by atoms with Gasteiger partial charge in [-0.25, -0.2) is 4.79 Å². The molecule has 0 radical (unpaired) electrons. The van der Waals surface area contributed by atoms with Crippen molar-refractivity contribution in [1.29, 1.82) is 0 Å². The van der Waals surface area contributed by atoms with Crippen molar-refractivity contribution in [1.82, 2.24) is 18.9 Å². The van der Waals surface area contributed by atoms with Crippen LogP contribution in [0.25, 0.3) is 21.8 Å². The number of carbonyl (C=O) groups excluding carboxylic acids is 1. The number of aromatic carboxylic acids is 1. The van der Waals surface area contributed by atoms with Crippen LogP contribution in [0.4, 0.5) is 5.69 Å². The summed E-state index contributed by atoms with van der Waals surface area (Å²) in [6, 6.07) is 13.6. The standard InChI is InChI=1S/C39H38Cl3N5O4/c1-19-15-26(16-20(2)33(19)41)51-14-8-9-28-27-12-11-25(40)18-31(27)46-23(5)34(32-21(3)43-45(7)22(32)4)47(38(48)36(28)46)35-29-17-24(39(49)50)10-13-30(29)44(6)37(35)42/h10-13,15-18,23,34H,8-9,14H2,1-7H3,(H,49,50)/t23?,34-/m0/s1. The van der Waals surface area contributed by atoms with Gasteiger partial charge >= 0.3 is 5.97 Å². The lowest BCUT2D eigenvalue weighted by molar-refractivity contribution is 0.0696. The van der Waals surface area contributed by atoms with Crippen molar-refractivity contribution in [3.05, 3.63) is 109 Å². The molecule has 1 amide bonds. The Bertz CT molecular complexity index is 2400. The molecule has 0 bridgehead atoms. The van der Waals surface area contributed by atoms with E-state index < -0.39 is 12.0 Å². The van der Waals surface area contributed by atoms with E-state index in [4.69, 9.17) is 44.6 Å². The molecule has 4 heterocycles. The summed E-state index contributed by atoms with van der Waals surface area (Å²) in [5.74, 6) is -0.567. The molecule has 1 N–H and O–H groups in total. The number of anilines is 1. The molecule has 264 valence electrons. The molecular formula is C39H38Cl3N5O4. The molecule has 3 aromatic heterocycles. The molecule has 1 aliphatic heterocycles. The molecule has 2 atom stereocenters. The first-order chi connectivity index (χ1) is 24.2. The van der Waals surface area contributed by atoms with Crippen LogP contribution in [0.15, 0.2) is 48.5 Å². The molecule has 12 heteroatoms. The molecule has 6 aromatic rings. The fraction of sp³-hybridized carbons (Fsp3) is 0.308. The second-order valence-corrected chi connectivity index (χ2v) is 14.7. The van der Waals surface area contributed by atoms with Crippen molar-refractivity contribution in [2.24, 2.45) is 14.1 Å². The van der Waals surface area contributed by atoms with Gasteiger partial charge in [-0.05, 0) is 107 Å². The van der Waals surface area contributed by atoms with E-state index in [1.54, 1.807) is 27.7 Å². The summed E-state index contributed by atoms with van der Waals surface area (Å²) in [4.78, 5) is 29.4. The second-order valence-electron chi connectivity index (χ2n) is 13.5. The predicted molar refractivity (Wildman–Crippen MR) is 204 cm³/mol. The molecule has 7 rings (SSSR count). The van der Waals surface area contributed by atoms with Crippen LogP contribution in [0.1, 0.15) is 79.9 Å². The number of carboxylic acids is 1. The number of amides is 1. The van der Waals surface area contributed by atoms with Crippen molar-refractivity contribution < 1.29 is 19.4 Å². The van der Waals surface area contributed by atoms with Gasteiger partial charge < -0.3 is 19.0 Å². The molecule has 51 heavy (non-hydrogen) atoms. The first-order valence-corrected chi connectivity index (χ1v) is 17.9. The SMILES string of the molecule is Cc1cc(OCCCc2c3n(c4cc(Cl)ccc24)C(C)[C@@H](c2c(C)nn(C)c2C)N(c2c(Cl)n(C)c4ccc(C(=O)O)cc24)C3=O)cc(C)c1Cl. The number of rotatable bonds is 8. The van der Waals surface area contributed by atoms with Crippen LogP contribution in [0, 0.1) is 27.7 Å². The van der Waals surface area contributed by atoms with Crippen LogP contribution in [0.3, 0.4) is 0 Å². The van der Waals surface area contributed by atoms with Crippen molar-refractivity contribution in [3.63, 3.8) is 0 Å². The van der Waals surface area contributed by atoms with Crippen LogP contribution in [-0.4, -0.2) is 42.5 Å². The minimum absolute atomic E-state index is 0.101. The Morgan fingerprint density at radius 1 is 0.941 bits per heavy atom. The molecule has 0 aliphatic carbocycles. The Kier molecular flexibility index (Phi) is 8.89. The van der Waals surface area contributed by atoms with Gasteiger partial charge in [-0.3, -0.25) is 14.4 Å². The number of ether oxygens (including phenoxy) is 1. The van der Waals surface area contributed by atoms with Crippen molar-refractivity contribution in [3.8, 4) is 5.75 Å². The number of aryl methyl sites for hydroxylation is 6. The maximum atomic E-state index is 15.5. The fourth-order valence-corrected chi connectivity index (χ4v) is 8.43. The largest absolute Gasteiger partial charge is 0.494 e. The topological polar surface area (TPSA) is 94.5 Å². The summed E-state index contributed by atoms with van der Waals surface area (Å²) in [5.41, 5.74) is 8.05. The van der Waals surface area contributed by atoms with Gasteiger partial charge in [0.25, 0.3) is 5.91 Å². The zero-order valence-corrected chi connectivity index (χ0v) is 31.7. The third-order valence-corrected chi connectivity index (χ3v) is 11.6. The molecule has 9 nitrogen and oxygen atoms in total. The quantitative estimate of drug-likeness (QED) is 0.157. The van der Waals surface area contributed by atoms with Gasteiger partial charge in [-0.1, -0.05) is 40.9 Å². The molecule has 3 aromatic carbocycles. The summed E-state index contributed by atoms with van der Waals surface area (Å²) in [6.45, 7) is 10.4. The van der Waals surface area contributed by atoms with Gasteiger partial charge in [0.1, 0.15) is 16.6 Å². The van der Waals surface area contributed by atoms with Gasteiger partial charge in [0.05, 0.1) is 46.7 Å². The summed E-state index contributed by atoms with van der Waals surface area (Å²) in [5, 5.41) is 17.8. The molecule has 0 spiro atoms. The first-order valence-electron chi connectivity index (χ1n) is 16.8. The van der Waals surface area contributed by atoms with Gasteiger partial charge in [-0.2, -0.15) is 5.10 Å². The number of halogens is 3. The molecule has 1 unspecified atom stereocenters. The lowest BCUT2D eigenvalue weighted by atomic mass is 9.92. The van der Waals surface area contributed by atoms with E-state index in [9.17, 15) is 9.90 Å². The van der Waals surface area contributed by atoms with Gasteiger partial charge in [-0.15, -0.1) is 0 Å². The smallest absolute Gasteiger partial charge is 0.335 e. The van der Waals surface area contributed by atoms with Crippen LogP contribution >= 0.6 is 34.8 Å². The highest BCUT2D eigenvalue weighted by Gasteiger charge is 2.46. The predicted octanol–water partition coefficient (Wildman–Crippen LogP) is 9.73. The third-order valence-electron chi connectivity index (χ3n) is 10.3. The van der Waals surface area contributed by atoms with E-state index in [0.29, 0.717) is 51.9 Å². The zero-order valence-electron chi connectivity index (χ0n) is 29.4. The van der Waals surface area contributed by atoms with E-state index in [1.807, 2.05) is 76.8 Å². The first kappa shape index (κ1) is 35.0. The zero-order chi connectivity index (χ0) is 36.6. The summed E-state index contributed by atoms with van der Waals surface area (Å²) in [7, 11) is 3.70. The Balaban J connectivity index is 1.42. The maximum Gasteiger partial charge on any atom is 0.335 e. The average Bonchev–Trinajstić information content (AvgIpc) is 3.64. The lowest BCUT2D eigenvalue weighted by Gasteiger charge is -2.42. The van der Waals surface area contributed by atoms with Crippen molar-refractivity contribution >= 4 is 74.2 Å². The number of benzene rings is 3. The van der Waals surface area contributed by atoms with Crippen molar-refractivity contribution in [2.75, 3.05) is 11.5 Å². The Labute approximate surface area is 310 Å². The van der Waals surface area contributed by atoms with E-state index in [-0.39, 0.29) is 17.5 Å². The van der Waals surface area contributed by atoms with E-state index in [2.05, 4.69) is 11.5 Å². The highest BCUT2D eigenvalue weighted by molar-refractivity contribution is 6.36. The lowest BCUT2D eigenvalue weighted by Crippen LogP contribution is -2.45. The number of fused-ring (bicyclic) bond motifs is 4. The number of hydrogen-bond acceptors (Lipinski definition) is 4. The minimum atomic E-state index is -1.07. The Hall–Kier alpha value is -4.44. The van der Waals surface area contributed by atoms with E-state index in [1.165, 1.54) is 0 Å². The van der Waals surface area contributed by atoms with Crippen LogP contribution in [0.2, 0.25) is 15.2 Å². The number of nitrogens with zero attached hydrogens (tertiary/aromatic N) is 5. The van der Waals surface area contributed by atoms with Gasteiger partial charge in [0.2, 0.25) is 0 Å². The van der Waals surface area contributed by atoms with Crippen LogP contribution < -0.4 is 9.64 Å². The fourth-order valence-electron chi connectivity index (χ4n) is 7.87. The van der Waals surface area contributed by atoms with Gasteiger partial charge in [0, 0.05) is 46.2 Å². The molecule has 0 saturated heterocycles. The molecule has 1 aliphatic rings. The summed E-state index contributed by atoms with van der Waals surface area (Å²) >= 11 is 20.2.